The number of rotatable bonds is 3. The minimum absolute atomic E-state index is 0.256. The first-order valence-electron chi connectivity index (χ1n) is 5.25. The minimum atomic E-state index is 0.256. The van der Waals surface area contributed by atoms with Crippen LogP contribution in [-0.2, 0) is 0 Å². The highest BCUT2D eigenvalue weighted by atomic mass is 32.2. The van der Waals surface area contributed by atoms with Crippen LogP contribution in [0, 0.1) is 11.5 Å². The van der Waals surface area contributed by atoms with Gasteiger partial charge in [0, 0.05) is 6.54 Å². The van der Waals surface area contributed by atoms with E-state index in [2.05, 4.69) is 22.1 Å². The molecule has 0 bridgehead atoms. The summed E-state index contributed by atoms with van der Waals surface area (Å²) in [4.78, 5) is 6.88. The molecule has 1 fully saturated rings. The van der Waals surface area contributed by atoms with Gasteiger partial charge in [0.15, 0.2) is 11.4 Å². The molecular weight excluding hydrogens is 208 g/mol. The highest BCUT2D eigenvalue weighted by molar-refractivity contribution is 8.13. The van der Waals surface area contributed by atoms with Crippen LogP contribution in [0.5, 0.6) is 0 Å². The zero-order chi connectivity index (χ0) is 11.1. The van der Waals surface area contributed by atoms with Crippen LogP contribution in [0.3, 0.4) is 0 Å². The molecule has 1 rings (SSSR count). The van der Waals surface area contributed by atoms with Crippen molar-refractivity contribution in [2.45, 2.75) is 25.8 Å². The predicted octanol–water partition coefficient (Wildman–Crippen LogP) is 1.26. The molecular formula is C10H18N4S. The van der Waals surface area contributed by atoms with E-state index >= 15 is 0 Å². The molecule has 0 saturated carbocycles. The standard InChI is InChI=1S/C10H18N4S/c1-9(7-14-5-3-4-6-14)13-10(15-2)12-8-11/h9H,3-7H2,1-2H3,(H,12,13). The Bertz CT molecular complexity index is 253. The molecule has 0 spiro atoms. The molecule has 1 aliphatic heterocycles. The van der Waals surface area contributed by atoms with E-state index < -0.39 is 0 Å². The Labute approximate surface area is 95.7 Å². The lowest BCUT2D eigenvalue weighted by Crippen LogP contribution is -2.29. The Kier molecular flexibility index (Phi) is 5.51. The van der Waals surface area contributed by atoms with Gasteiger partial charge in [-0.3, -0.25) is 10.3 Å². The van der Waals surface area contributed by atoms with Crippen molar-refractivity contribution in [3.63, 3.8) is 0 Å². The van der Waals surface area contributed by atoms with Crippen molar-refractivity contribution in [1.82, 2.24) is 10.2 Å². The van der Waals surface area contributed by atoms with Crippen molar-refractivity contribution in [3.8, 4) is 6.19 Å². The zero-order valence-corrected chi connectivity index (χ0v) is 10.2. The topological polar surface area (TPSA) is 51.4 Å². The van der Waals surface area contributed by atoms with Gasteiger partial charge in [0.2, 0.25) is 0 Å². The van der Waals surface area contributed by atoms with Gasteiger partial charge in [0.25, 0.3) is 0 Å². The Morgan fingerprint density at radius 2 is 2.27 bits per heavy atom. The fourth-order valence-corrected chi connectivity index (χ4v) is 2.20. The predicted molar refractivity (Wildman–Crippen MR) is 64.8 cm³/mol. The first kappa shape index (κ1) is 12.3. The summed E-state index contributed by atoms with van der Waals surface area (Å²) >= 11 is 1.48. The van der Waals surface area contributed by atoms with Crippen LogP contribution >= 0.6 is 11.8 Å². The second-order valence-electron chi connectivity index (χ2n) is 3.73. The lowest BCUT2D eigenvalue weighted by Gasteiger charge is -2.17. The van der Waals surface area contributed by atoms with Crippen LogP contribution in [0.15, 0.2) is 4.99 Å². The molecule has 1 saturated heterocycles. The SMILES string of the molecule is CSC(=NC(C)CN1CCCC1)NC#N. The third-order valence-corrected chi connectivity index (χ3v) is 3.01. The number of amidine groups is 1. The van der Waals surface area contributed by atoms with E-state index in [0.29, 0.717) is 5.17 Å². The maximum atomic E-state index is 8.50. The molecule has 1 unspecified atom stereocenters. The highest BCUT2D eigenvalue weighted by Gasteiger charge is 2.14. The second kappa shape index (κ2) is 6.70. The van der Waals surface area contributed by atoms with Crippen LogP contribution in [0.4, 0.5) is 0 Å². The molecule has 0 aromatic rings. The van der Waals surface area contributed by atoms with Crippen molar-refractivity contribution in [2.75, 3.05) is 25.9 Å². The number of likely N-dealkylation sites (tertiary alicyclic amines) is 1. The van der Waals surface area contributed by atoms with Crippen LogP contribution in [0.2, 0.25) is 0 Å². The van der Waals surface area contributed by atoms with Crippen LogP contribution in [-0.4, -0.2) is 42.0 Å². The van der Waals surface area contributed by atoms with Crippen molar-refractivity contribution in [2.24, 2.45) is 4.99 Å². The Balaban J connectivity index is 2.37. The molecule has 0 aromatic carbocycles. The fourth-order valence-electron chi connectivity index (χ4n) is 1.76. The molecule has 1 heterocycles. The van der Waals surface area contributed by atoms with E-state index in [1.807, 2.05) is 12.4 Å². The fraction of sp³-hybridized carbons (Fsp3) is 0.800. The smallest absolute Gasteiger partial charge is 0.183 e. The largest absolute Gasteiger partial charge is 0.301 e. The van der Waals surface area contributed by atoms with E-state index in [-0.39, 0.29) is 6.04 Å². The van der Waals surface area contributed by atoms with Crippen LogP contribution in [0.25, 0.3) is 0 Å². The summed E-state index contributed by atoms with van der Waals surface area (Å²) in [7, 11) is 0. The Morgan fingerprint density at radius 3 is 2.80 bits per heavy atom. The number of hydrogen-bond acceptors (Lipinski definition) is 4. The number of thioether (sulfide) groups is 1. The number of nitrogens with zero attached hydrogens (tertiary/aromatic N) is 3. The van der Waals surface area contributed by atoms with Crippen LogP contribution in [0.1, 0.15) is 19.8 Å². The van der Waals surface area contributed by atoms with Gasteiger partial charge in [-0.15, -0.1) is 0 Å². The molecule has 5 heteroatoms. The quantitative estimate of drug-likeness (QED) is 0.341. The molecule has 0 aliphatic carbocycles. The number of hydrogen-bond donors (Lipinski definition) is 1. The summed E-state index contributed by atoms with van der Waals surface area (Å²) in [6.45, 7) is 5.48. The van der Waals surface area contributed by atoms with E-state index in [1.165, 1.54) is 37.7 Å². The van der Waals surface area contributed by atoms with Crippen molar-refractivity contribution in [3.05, 3.63) is 0 Å². The van der Waals surface area contributed by atoms with Gasteiger partial charge in [-0.2, -0.15) is 5.26 Å². The van der Waals surface area contributed by atoms with Crippen molar-refractivity contribution < 1.29 is 0 Å². The van der Waals surface area contributed by atoms with E-state index in [4.69, 9.17) is 5.26 Å². The maximum Gasteiger partial charge on any atom is 0.183 e. The molecule has 1 aliphatic rings. The molecule has 1 N–H and O–H groups in total. The summed E-state index contributed by atoms with van der Waals surface area (Å²) < 4.78 is 0. The molecule has 15 heavy (non-hydrogen) atoms. The zero-order valence-electron chi connectivity index (χ0n) is 9.36. The molecule has 0 amide bonds. The average molecular weight is 226 g/mol. The monoisotopic (exact) mass is 226 g/mol. The molecule has 0 radical (unpaired) electrons. The van der Waals surface area contributed by atoms with E-state index in [9.17, 15) is 0 Å². The van der Waals surface area contributed by atoms with Gasteiger partial charge in [-0.05, 0) is 39.1 Å². The molecule has 1 atom stereocenters. The Hall–Kier alpha value is -0.730. The molecule has 84 valence electrons. The normalized spacial score (nSPS) is 19.9. The lowest BCUT2D eigenvalue weighted by atomic mass is 10.3. The lowest BCUT2D eigenvalue weighted by molar-refractivity contribution is 0.322. The number of aliphatic imine (C=N–C) groups is 1. The maximum absolute atomic E-state index is 8.50. The minimum Gasteiger partial charge on any atom is -0.301 e. The Morgan fingerprint density at radius 1 is 1.60 bits per heavy atom. The van der Waals surface area contributed by atoms with Crippen molar-refractivity contribution in [1.29, 1.82) is 5.26 Å². The summed E-state index contributed by atoms with van der Waals surface area (Å²) in [5.41, 5.74) is 0. The van der Waals surface area contributed by atoms with Gasteiger partial charge in [0.1, 0.15) is 0 Å². The summed E-state index contributed by atoms with van der Waals surface area (Å²) in [6.07, 6.45) is 6.44. The first-order valence-corrected chi connectivity index (χ1v) is 6.48. The average Bonchev–Trinajstić information content (AvgIpc) is 2.69. The van der Waals surface area contributed by atoms with Gasteiger partial charge < -0.3 is 4.90 Å². The summed E-state index contributed by atoms with van der Waals surface area (Å²) in [6, 6.07) is 0.256. The first-order chi connectivity index (χ1) is 7.26. The second-order valence-corrected chi connectivity index (χ2v) is 4.53. The van der Waals surface area contributed by atoms with Gasteiger partial charge >= 0.3 is 0 Å². The van der Waals surface area contributed by atoms with Crippen molar-refractivity contribution >= 4 is 16.9 Å². The van der Waals surface area contributed by atoms with Gasteiger partial charge in [0.05, 0.1) is 6.04 Å². The van der Waals surface area contributed by atoms with Gasteiger partial charge in [-0.1, -0.05) is 11.8 Å². The third kappa shape index (κ3) is 4.54. The van der Waals surface area contributed by atoms with E-state index in [0.717, 1.165) is 6.54 Å². The number of nitrogens with one attached hydrogen (secondary N) is 1. The van der Waals surface area contributed by atoms with Crippen LogP contribution < -0.4 is 5.32 Å². The third-order valence-electron chi connectivity index (χ3n) is 2.41. The van der Waals surface area contributed by atoms with Gasteiger partial charge in [-0.25, -0.2) is 0 Å². The summed E-state index contributed by atoms with van der Waals surface area (Å²) in [5.74, 6) is 0. The molecule has 4 nitrogen and oxygen atoms in total. The summed E-state index contributed by atoms with van der Waals surface area (Å²) in [5, 5.41) is 11.8. The van der Waals surface area contributed by atoms with E-state index in [1.54, 1.807) is 0 Å². The molecule has 0 aromatic heterocycles. The highest BCUT2D eigenvalue weighted by Crippen LogP contribution is 2.09. The number of nitriles is 1.